The fraction of sp³-hybridized carbons (Fsp3) is 0.471. The summed E-state index contributed by atoms with van der Waals surface area (Å²) in [7, 11) is 0. The number of nitrogens with zero attached hydrogens (tertiary/aromatic N) is 2. The lowest BCUT2D eigenvalue weighted by Crippen LogP contribution is -2.52. The van der Waals surface area contributed by atoms with Crippen molar-refractivity contribution >= 4 is 0 Å². The molecule has 0 radical (unpaired) electrons. The van der Waals surface area contributed by atoms with Gasteiger partial charge in [-0.1, -0.05) is 12.1 Å². The highest BCUT2D eigenvalue weighted by Gasteiger charge is 2.57. The fourth-order valence-corrected chi connectivity index (χ4v) is 4.00. The van der Waals surface area contributed by atoms with Crippen molar-refractivity contribution in [1.29, 1.82) is 0 Å². The van der Waals surface area contributed by atoms with E-state index in [0.29, 0.717) is 0 Å². The number of nitrogens with one attached hydrogen (secondary N) is 1. The van der Waals surface area contributed by atoms with Crippen molar-refractivity contribution in [3.63, 3.8) is 0 Å². The van der Waals surface area contributed by atoms with E-state index in [1.807, 2.05) is 29.1 Å². The number of hydrogen-bond donors (Lipinski definition) is 1. The van der Waals surface area contributed by atoms with Gasteiger partial charge >= 0.3 is 0 Å². The molecule has 2 aromatic rings. The minimum atomic E-state index is -2.44. The minimum absolute atomic E-state index is 0.0591. The molecule has 3 nitrogen and oxygen atoms in total. The molecule has 1 aliphatic carbocycles. The number of piperidine rings is 1. The van der Waals surface area contributed by atoms with Crippen LogP contribution in [0.5, 0.6) is 0 Å². The van der Waals surface area contributed by atoms with E-state index in [4.69, 9.17) is 0 Å². The maximum atomic E-state index is 13.3. The van der Waals surface area contributed by atoms with E-state index in [2.05, 4.69) is 22.5 Å². The average Bonchev–Trinajstić information content (AvgIpc) is 3.00. The van der Waals surface area contributed by atoms with E-state index < -0.39 is 5.92 Å². The van der Waals surface area contributed by atoms with E-state index in [1.54, 1.807) is 6.20 Å². The van der Waals surface area contributed by atoms with Gasteiger partial charge in [-0.2, -0.15) is 5.10 Å². The Morgan fingerprint density at radius 1 is 1.18 bits per heavy atom. The predicted octanol–water partition coefficient (Wildman–Crippen LogP) is 3.71. The van der Waals surface area contributed by atoms with Gasteiger partial charge in [0.2, 0.25) is 5.92 Å². The maximum Gasteiger partial charge on any atom is 0.249 e. The zero-order valence-corrected chi connectivity index (χ0v) is 12.3. The molecule has 22 heavy (non-hydrogen) atoms. The van der Waals surface area contributed by atoms with Crippen molar-refractivity contribution in [1.82, 2.24) is 15.1 Å². The first-order chi connectivity index (χ1) is 10.6. The van der Waals surface area contributed by atoms with Gasteiger partial charge in [0, 0.05) is 31.3 Å². The Hall–Kier alpha value is -1.75. The Bertz CT molecular complexity index is 641. The zero-order chi connectivity index (χ0) is 15.2. The lowest BCUT2D eigenvalue weighted by atomic mass is 9.59. The second-order valence-electron chi connectivity index (χ2n) is 6.71. The first-order valence-corrected chi connectivity index (χ1v) is 7.77. The van der Waals surface area contributed by atoms with Gasteiger partial charge in [0.15, 0.2) is 0 Å². The van der Waals surface area contributed by atoms with E-state index in [1.165, 1.54) is 5.56 Å². The molecule has 1 saturated heterocycles. The molecule has 0 amide bonds. The van der Waals surface area contributed by atoms with E-state index >= 15 is 0 Å². The third-order valence-electron chi connectivity index (χ3n) is 5.01. The van der Waals surface area contributed by atoms with Crippen LogP contribution in [-0.4, -0.2) is 22.2 Å². The molecule has 0 bridgehead atoms. The van der Waals surface area contributed by atoms with Crippen molar-refractivity contribution < 1.29 is 8.78 Å². The average molecular weight is 303 g/mol. The predicted molar refractivity (Wildman–Crippen MR) is 80.2 cm³/mol. The minimum Gasteiger partial charge on any atom is -0.310 e. The normalized spacial score (nSPS) is 25.8. The van der Waals surface area contributed by atoms with Crippen molar-refractivity contribution in [2.75, 3.05) is 6.54 Å². The first kappa shape index (κ1) is 13.9. The van der Waals surface area contributed by atoms with E-state index in [9.17, 15) is 8.78 Å². The lowest BCUT2D eigenvalue weighted by molar-refractivity contribution is -0.174. The summed E-state index contributed by atoms with van der Waals surface area (Å²) in [6.45, 7) is 0.821. The highest BCUT2D eigenvalue weighted by atomic mass is 19.3. The van der Waals surface area contributed by atoms with Crippen molar-refractivity contribution in [3.8, 4) is 5.69 Å². The summed E-state index contributed by atoms with van der Waals surface area (Å²) in [5.41, 5.74) is 2.03. The highest BCUT2D eigenvalue weighted by Crippen LogP contribution is 2.58. The van der Waals surface area contributed by atoms with Gasteiger partial charge in [-0.3, -0.25) is 0 Å². The molecule has 1 aromatic heterocycles. The van der Waals surface area contributed by atoms with Crippen molar-refractivity contribution in [2.45, 2.75) is 37.6 Å². The van der Waals surface area contributed by atoms with Crippen LogP contribution in [0.1, 0.15) is 37.3 Å². The van der Waals surface area contributed by atoms with Crippen LogP contribution in [0, 0.1) is 5.41 Å². The lowest BCUT2D eigenvalue weighted by Gasteiger charge is -2.52. The van der Waals surface area contributed by atoms with Gasteiger partial charge in [0.05, 0.1) is 5.69 Å². The SMILES string of the molecule is FC1(F)CC2(CCN[C@@H](c3ccc(-n4cccn4)cc3)C2)C1. The molecule has 1 N–H and O–H groups in total. The molecule has 0 unspecified atom stereocenters. The Morgan fingerprint density at radius 3 is 2.59 bits per heavy atom. The number of aromatic nitrogens is 2. The number of hydrogen-bond acceptors (Lipinski definition) is 2. The molecule has 116 valence electrons. The molecular weight excluding hydrogens is 284 g/mol. The van der Waals surface area contributed by atoms with Crippen LogP contribution in [-0.2, 0) is 0 Å². The third-order valence-corrected chi connectivity index (χ3v) is 5.01. The number of rotatable bonds is 2. The molecular formula is C17H19F2N3. The Morgan fingerprint density at radius 2 is 1.95 bits per heavy atom. The highest BCUT2D eigenvalue weighted by molar-refractivity contribution is 5.35. The Kier molecular flexibility index (Phi) is 3.08. The molecule has 2 fully saturated rings. The van der Waals surface area contributed by atoms with Crippen LogP contribution in [0.3, 0.4) is 0 Å². The fourth-order valence-electron chi connectivity index (χ4n) is 4.00. The van der Waals surface area contributed by atoms with Crippen LogP contribution in [0.15, 0.2) is 42.7 Å². The summed E-state index contributed by atoms with van der Waals surface area (Å²) in [5.74, 6) is -2.44. The molecule has 2 aliphatic rings. The van der Waals surface area contributed by atoms with Crippen molar-refractivity contribution in [3.05, 3.63) is 48.3 Å². The third kappa shape index (κ3) is 2.43. The standard InChI is InChI=1S/C17H19F2N3/c18-17(19)11-16(12-17)6-8-20-15(10-16)13-2-4-14(5-3-13)22-9-1-7-21-22/h1-5,7,9,15,20H,6,8,10-12H2/t15-/m1/s1. The smallest absolute Gasteiger partial charge is 0.249 e. The van der Waals surface area contributed by atoms with Gasteiger partial charge < -0.3 is 5.32 Å². The van der Waals surface area contributed by atoms with Crippen LogP contribution in [0.2, 0.25) is 0 Å². The van der Waals surface area contributed by atoms with Gasteiger partial charge in [-0.25, -0.2) is 13.5 Å². The quantitative estimate of drug-likeness (QED) is 0.916. The van der Waals surface area contributed by atoms with Crippen LogP contribution < -0.4 is 5.32 Å². The molecule has 4 rings (SSSR count). The van der Waals surface area contributed by atoms with Crippen LogP contribution in [0.25, 0.3) is 5.69 Å². The molecule has 1 saturated carbocycles. The number of benzene rings is 1. The summed E-state index contributed by atoms with van der Waals surface area (Å²) in [5, 5.41) is 7.68. The van der Waals surface area contributed by atoms with Crippen LogP contribution >= 0.6 is 0 Å². The van der Waals surface area contributed by atoms with Gasteiger partial charge in [-0.05, 0) is 48.6 Å². The van der Waals surface area contributed by atoms with Gasteiger partial charge in [-0.15, -0.1) is 0 Å². The van der Waals surface area contributed by atoms with E-state index in [-0.39, 0.29) is 24.3 Å². The number of halogens is 2. The number of alkyl halides is 2. The van der Waals surface area contributed by atoms with Crippen LogP contribution in [0.4, 0.5) is 8.78 Å². The molecule has 5 heteroatoms. The summed E-state index contributed by atoms with van der Waals surface area (Å²) < 4.78 is 28.4. The zero-order valence-electron chi connectivity index (χ0n) is 12.3. The summed E-state index contributed by atoms with van der Waals surface area (Å²) in [6, 6.07) is 10.3. The Labute approximate surface area is 128 Å². The molecule has 1 aromatic carbocycles. The molecule has 1 spiro atoms. The monoisotopic (exact) mass is 303 g/mol. The van der Waals surface area contributed by atoms with E-state index in [0.717, 1.165) is 25.1 Å². The first-order valence-electron chi connectivity index (χ1n) is 7.77. The maximum absolute atomic E-state index is 13.3. The summed E-state index contributed by atoms with van der Waals surface area (Å²) in [6.07, 6.45) is 5.44. The Balaban J connectivity index is 1.50. The molecule has 1 atom stereocenters. The van der Waals surface area contributed by atoms with Gasteiger partial charge in [0.1, 0.15) is 0 Å². The summed E-state index contributed by atoms with van der Waals surface area (Å²) >= 11 is 0. The van der Waals surface area contributed by atoms with Crippen molar-refractivity contribution in [2.24, 2.45) is 5.41 Å². The molecule has 1 aliphatic heterocycles. The largest absolute Gasteiger partial charge is 0.310 e. The second kappa shape index (κ2) is 4.88. The molecule has 2 heterocycles. The second-order valence-corrected chi connectivity index (χ2v) is 6.71. The summed E-state index contributed by atoms with van der Waals surface area (Å²) in [4.78, 5) is 0. The topological polar surface area (TPSA) is 29.9 Å². The van der Waals surface area contributed by atoms with Gasteiger partial charge in [0.25, 0.3) is 0 Å².